The number of aliphatic hydroxyl groups is 2. The van der Waals surface area contributed by atoms with Gasteiger partial charge in [-0.25, -0.2) is 4.79 Å². The second-order valence-corrected chi connectivity index (χ2v) is 15.7. The van der Waals surface area contributed by atoms with Crippen LogP contribution in [-0.4, -0.2) is 189 Å². The van der Waals surface area contributed by atoms with Crippen LogP contribution < -0.4 is 54.4 Å². The summed E-state index contributed by atoms with van der Waals surface area (Å²) < 4.78 is 0. The van der Waals surface area contributed by atoms with Crippen molar-refractivity contribution in [3.63, 3.8) is 0 Å². The summed E-state index contributed by atoms with van der Waals surface area (Å²) in [7, 11) is 0. The van der Waals surface area contributed by atoms with E-state index in [4.69, 9.17) is 22.3 Å². The van der Waals surface area contributed by atoms with E-state index in [0.717, 1.165) is 4.90 Å². The third-order valence-electron chi connectivity index (χ3n) is 10.2. The normalized spacial score (nSPS) is 17.0. The number of likely N-dealkylation sites (tertiary alicyclic amines) is 1. The molecule has 0 radical (unpaired) electrons. The van der Waals surface area contributed by atoms with E-state index in [1.807, 2.05) is 0 Å². The highest BCUT2D eigenvalue weighted by molar-refractivity contribution is 7.80. The minimum atomic E-state index is -1.81. The van der Waals surface area contributed by atoms with Crippen molar-refractivity contribution in [2.24, 2.45) is 17.2 Å². The van der Waals surface area contributed by atoms with Gasteiger partial charge in [0.1, 0.15) is 54.4 Å². The number of hydrogen-bond donors (Lipinski definition) is 16. The summed E-state index contributed by atoms with van der Waals surface area (Å²) in [5, 5.41) is 63.5. The summed E-state index contributed by atoms with van der Waals surface area (Å²) in [5.41, 5.74) is 16.5. The van der Waals surface area contributed by atoms with E-state index in [1.54, 1.807) is 0 Å². The number of nitrogens with zero attached hydrogens (tertiary/aromatic N) is 1. The van der Waals surface area contributed by atoms with Gasteiger partial charge in [0.2, 0.25) is 47.3 Å². The van der Waals surface area contributed by atoms with Crippen molar-refractivity contribution in [1.82, 2.24) is 42.1 Å². The summed E-state index contributed by atoms with van der Waals surface area (Å²) in [6, 6.07) is -13.3. The fourth-order valence-electron chi connectivity index (χ4n) is 6.44. The fraction of sp³-hybridized carbons (Fsp3) is 0.711. The molecule has 9 unspecified atom stereocenters. The Balaban J connectivity index is 3.20. The first-order valence-electron chi connectivity index (χ1n) is 21.2. The zero-order chi connectivity index (χ0) is 50.1. The van der Waals surface area contributed by atoms with Crippen molar-refractivity contribution in [2.75, 3.05) is 38.6 Å². The molecule has 0 bridgehead atoms. The topological polar surface area (TPSA) is 454 Å². The molecular weight excluding hydrogens is 899 g/mol. The van der Waals surface area contributed by atoms with Crippen LogP contribution in [-0.2, 0) is 52.7 Å². The lowest BCUT2D eigenvalue weighted by atomic mass is 10.1. The van der Waals surface area contributed by atoms with Crippen LogP contribution in [0.2, 0.25) is 0 Å². The van der Waals surface area contributed by atoms with E-state index in [9.17, 15) is 73.2 Å². The maximum Gasteiger partial charge on any atom is 0.326 e. The molecule has 0 aromatic heterocycles. The molecule has 66 heavy (non-hydrogen) atoms. The lowest BCUT2D eigenvalue weighted by Crippen LogP contribution is -2.61. The third-order valence-corrected chi connectivity index (χ3v) is 10.5. The van der Waals surface area contributed by atoms with E-state index < -0.39 is 158 Å². The molecule has 0 spiro atoms. The Morgan fingerprint density at radius 2 is 1.12 bits per heavy atom. The maximum atomic E-state index is 13.8. The molecule has 1 heterocycles. The fourth-order valence-corrected chi connectivity index (χ4v) is 6.69. The number of unbranched alkanes of at least 4 members (excludes halogenated alkanes) is 2. The van der Waals surface area contributed by atoms with Crippen LogP contribution in [0.5, 0.6) is 0 Å². The molecule has 1 saturated heterocycles. The van der Waals surface area contributed by atoms with Crippen LogP contribution >= 0.6 is 12.6 Å². The van der Waals surface area contributed by atoms with E-state index in [-0.39, 0.29) is 51.7 Å². The van der Waals surface area contributed by atoms with Crippen LogP contribution in [0.25, 0.3) is 0 Å². The smallest absolute Gasteiger partial charge is 0.326 e. The molecule has 9 atom stereocenters. The van der Waals surface area contributed by atoms with Crippen LogP contribution in [0.15, 0.2) is 0 Å². The van der Waals surface area contributed by atoms with Gasteiger partial charge < -0.3 is 84.9 Å². The molecule has 374 valence electrons. The SMILES string of the molecule is CC(NC(=O)C(N)CO)C(=O)NC(CCC(=O)O)C(=O)N1CCCC1C(=O)NC(CCCCN)C(=O)NC(CO)C(=O)NC(CS)C(=O)NC(CC(=O)O)C(=O)NC(CCCCN)C(=O)O. The predicted molar refractivity (Wildman–Crippen MR) is 232 cm³/mol. The molecule has 0 saturated carbocycles. The van der Waals surface area contributed by atoms with Crippen LogP contribution in [0.1, 0.15) is 77.6 Å². The molecule has 1 aliphatic rings. The zero-order valence-electron chi connectivity index (χ0n) is 36.6. The van der Waals surface area contributed by atoms with Gasteiger partial charge in [-0.15, -0.1) is 0 Å². The summed E-state index contributed by atoms with van der Waals surface area (Å²) in [4.78, 5) is 142. The Labute approximate surface area is 385 Å². The molecule has 8 amide bonds. The Kier molecular flexibility index (Phi) is 27.0. The van der Waals surface area contributed by atoms with E-state index in [1.165, 1.54) is 6.92 Å². The number of carboxylic acid groups (broad SMARTS) is 3. The van der Waals surface area contributed by atoms with Crippen LogP contribution in [0, 0.1) is 0 Å². The van der Waals surface area contributed by atoms with Gasteiger partial charge >= 0.3 is 17.9 Å². The number of carbonyl (C=O) groups excluding carboxylic acids is 8. The number of amides is 8. The first-order valence-corrected chi connectivity index (χ1v) is 21.9. The summed E-state index contributed by atoms with van der Waals surface area (Å²) >= 11 is 4.04. The van der Waals surface area contributed by atoms with Crippen LogP contribution in [0.4, 0.5) is 0 Å². The molecule has 1 fully saturated rings. The van der Waals surface area contributed by atoms with Gasteiger partial charge in [-0.05, 0) is 77.8 Å². The molecule has 28 heteroatoms. The number of hydrogen-bond acceptors (Lipinski definition) is 17. The van der Waals surface area contributed by atoms with Crippen molar-refractivity contribution >= 4 is 77.8 Å². The van der Waals surface area contributed by atoms with Gasteiger partial charge in [0, 0.05) is 18.7 Å². The Hall–Kier alpha value is -5.68. The average Bonchev–Trinajstić information content (AvgIpc) is 3.77. The van der Waals surface area contributed by atoms with Gasteiger partial charge in [0.05, 0.1) is 19.6 Å². The Morgan fingerprint density at radius 1 is 0.606 bits per heavy atom. The highest BCUT2D eigenvalue weighted by Gasteiger charge is 2.40. The molecule has 1 aliphatic heterocycles. The van der Waals surface area contributed by atoms with Crippen molar-refractivity contribution < 1.29 is 78.3 Å². The van der Waals surface area contributed by atoms with Gasteiger partial charge in [-0.3, -0.25) is 47.9 Å². The Morgan fingerprint density at radius 3 is 1.65 bits per heavy atom. The predicted octanol–water partition coefficient (Wildman–Crippen LogP) is -6.69. The Bertz CT molecular complexity index is 1710. The number of nitrogens with one attached hydrogen (secondary N) is 7. The minimum Gasteiger partial charge on any atom is -0.481 e. The first-order chi connectivity index (χ1) is 31.1. The minimum absolute atomic E-state index is 0.00942. The van der Waals surface area contributed by atoms with Gasteiger partial charge in [-0.2, -0.15) is 12.6 Å². The molecule has 0 aliphatic carbocycles. The standard InChI is InChI=1S/C38H65N11O16S/c1-19(42-31(57)20(41)16-50)30(56)44-22(10-11-28(52)53)37(63)49-14-6-9-27(49)36(62)43-21(7-2-4-12-39)32(58)47-25(17-51)34(60)48-26(18-66)35(61)46-24(15-29(54)55)33(59)45-23(38(64)65)8-3-5-13-40/h19-27,50-51,66H,2-18,39-41H2,1H3,(H,42,57)(H,43,62)(H,44,56)(H,45,59)(H,46,61)(H,47,58)(H,48,60)(H,52,53)(H,54,55)(H,64,65). The largest absolute Gasteiger partial charge is 0.481 e. The molecule has 27 nitrogen and oxygen atoms in total. The van der Waals surface area contributed by atoms with Gasteiger partial charge in [0.25, 0.3) is 0 Å². The summed E-state index contributed by atoms with van der Waals surface area (Å²) in [6.45, 7) is -0.0572. The van der Waals surface area contributed by atoms with E-state index in [0.29, 0.717) is 19.3 Å². The molecule has 18 N–H and O–H groups in total. The van der Waals surface area contributed by atoms with Gasteiger partial charge in [0.15, 0.2) is 0 Å². The van der Waals surface area contributed by atoms with Gasteiger partial charge in [-0.1, -0.05) is 0 Å². The van der Waals surface area contributed by atoms with Crippen molar-refractivity contribution in [3.05, 3.63) is 0 Å². The molecule has 0 aromatic carbocycles. The monoisotopic (exact) mass is 963 g/mol. The summed E-state index contributed by atoms with van der Waals surface area (Å²) in [5.74, 6) is -12.6. The van der Waals surface area contributed by atoms with Crippen molar-refractivity contribution in [1.29, 1.82) is 0 Å². The number of aliphatic hydroxyl groups excluding tert-OH is 2. The maximum absolute atomic E-state index is 13.8. The lowest BCUT2D eigenvalue weighted by molar-refractivity contribution is -0.144. The first kappa shape index (κ1) is 58.3. The molecule has 0 aromatic rings. The van der Waals surface area contributed by atoms with Crippen molar-refractivity contribution in [2.45, 2.75) is 132 Å². The number of carboxylic acids is 3. The van der Waals surface area contributed by atoms with Crippen molar-refractivity contribution in [3.8, 4) is 0 Å². The van der Waals surface area contributed by atoms with E-state index >= 15 is 0 Å². The number of thiol groups is 1. The average molecular weight is 964 g/mol. The second kappa shape index (κ2) is 30.5. The molecule has 1 rings (SSSR count). The summed E-state index contributed by atoms with van der Waals surface area (Å²) in [6.07, 6.45) is -0.285. The number of nitrogens with two attached hydrogens (primary N) is 3. The highest BCUT2D eigenvalue weighted by Crippen LogP contribution is 2.21. The second-order valence-electron chi connectivity index (χ2n) is 15.4. The number of carbonyl (C=O) groups is 11. The third kappa shape index (κ3) is 20.2. The zero-order valence-corrected chi connectivity index (χ0v) is 37.5. The number of rotatable bonds is 32. The molecular formula is C38H65N11O16S. The highest BCUT2D eigenvalue weighted by atomic mass is 32.1. The van der Waals surface area contributed by atoms with Crippen LogP contribution in [0.3, 0.4) is 0 Å². The van der Waals surface area contributed by atoms with E-state index in [2.05, 4.69) is 49.8 Å². The number of aliphatic carboxylic acids is 3. The lowest BCUT2D eigenvalue weighted by Gasteiger charge is -2.30. The quantitative estimate of drug-likeness (QED) is 0.0220.